The van der Waals surface area contributed by atoms with Crippen molar-refractivity contribution in [2.75, 3.05) is 5.32 Å². The summed E-state index contributed by atoms with van der Waals surface area (Å²) in [5, 5.41) is 3.48. The van der Waals surface area contributed by atoms with Crippen LogP contribution in [0.5, 0.6) is 0 Å². The van der Waals surface area contributed by atoms with Crippen molar-refractivity contribution in [3.05, 3.63) is 83.9 Å². The topological polar surface area (TPSA) is 40.7 Å². The van der Waals surface area contributed by atoms with Crippen LogP contribution in [-0.2, 0) is 6.54 Å². The van der Waals surface area contributed by atoms with Gasteiger partial charge in [0.05, 0.1) is 11.0 Å². The molecule has 0 radical (unpaired) electrons. The zero-order valence-corrected chi connectivity index (χ0v) is 13.6. The standard InChI is InChI=1S/C21H19N3/c1-15-6-2-3-7-17(15)14-22-18-12-10-16(11-13-18)21-23-19-8-4-5-9-20(19)24-21/h2-13,22H,14H2,1H3,(H,23,24). The summed E-state index contributed by atoms with van der Waals surface area (Å²) in [6, 6.07) is 24.9. The Morgan fingerprint density at radius 3 is 2.42 bits per heavy atom. The first kappa shape index (κ1) is 14.5. The average molecular weight is 313 g/mol. The van der Waals surface area contributed by atoms with Crippen LogP contribution in [0.1, 0.15) is 11.1 Å². The minimum atomic E-state index is 0.830. The number of fused-ring (bicyclic) bond motifs is 1. The Balaban J connectivity index is 1.51. The van der Waals surface area contributed by atoms with Gasteiger partial charge in [-0.2, -0.15) is 0 Å². The summed E-state index contributed by atoms with van der Waals surface area (Å²) in [5.41, 5.74) is 6.89. The molecule has 0 saturated heterocycles. The van der Waals surface area contributed by atoms with E-state index in [-0.39, 0.29) is 0 Å². The van der Waals surface area contributed by atoms with Crippen LogP contribution in [0.3, 0.4) is 0 Å². The summed E-state index contributed by atoms with van der Waals surface area (Å²) in [4.78, 5) is 8.01. The SMILES string of the molecule is Cc1ccccc1CNc1ccc(-c2nc3ccccc3[nH]2)cc1. The third kappa shape index (κ3) is 2.88. The normalized spacial score (nSPS) is 10.9. The number of aryl methyl sites for hydroxylation is 1. The van der Waals surface area contributed by atoms with Gasteiger partial charge in [0.1, 0.15) is 5.82 Å². The van der Waals surface area contributed by atoms with Gasteiger partial charge in [-0.3, -0.25) is 0 Å². The molecule has 0 bridgehead atoms. The molecule has 2 N–H and O–H groups in total. The minimum absolute atomic E-state index is 0.830. The molecule has 0 aliphatic rings. The average Bonchev–Trinajstić information content (AvgIpc) is 3.06. The Bertz CT molecular complexity index is 935. The molecule has 3 nitrogen and oxygen atoms in total. The smallest absolute Gasteiger partial charge is 0.138 e. The molecule has 0 unspecified atom stereocenters. The zero-order chi connectivity index (χ0) is 16.4. The predicted octanol–water partition coefficient (Wildman–Crippen LogP) is 5.15. The highest BCUT2D eigenvalue weighted by molar-refractivity contribution is 5.79. The molecule has 1 aromatic heterocycles. The zero-order valence-electron chi connectivity index (χ0n) is 13.6. The number of imidazole rings is 1. The van der Waals surface area contributed by atoms with Gasteiger partial charge in [-0.15, -0.1) is 0 Å². The lowest BCUT2D eigenvalue weighted by Crippen LogP contribution is -2.00. The van der Waals surface area contributed by atoms with E-state index in [1.54, 1.807) is 0 Å². The van der Waals surface area contributed by atoms with Crippen LogP contribution in [0.2, 0.25) is 0 Å². The molecule has 0 amide bonds. The number of H-pyrrole nitrogens is 1. The van der Waals surface area contributed by atoms with E-state index >= 15 is 0 Å². The maximum absolute atomic E-state index is 4.64. The molecule has 0 aliphatic heterocycles. The number of aromatic nitrogens is 2. The fraction of sp³-hybridized carbons (Fsp3) is 0.0952. The van der Waals surface area contributed by atoms with Gasteiger partial charge in [-0.25, -0.2) is 4.98 Å². The van der Waals surface area contributed by atoms with Crippen molar-refractivity contribution in [2.24, 2.45) is 0 Å². The van der Waals surface area contributed by atoms with Crippen LogP contribution in [0, 0.1) is 6.92 Å². The third-order valence-corrected chi connectivity index (χ3v) is 4.29. The highest BCUT2D eigenvalue weighted by atomic mass is 14.9. The number of nitrogens with one attached hydrogen (secondary N) is 2. The quantitative estimate of drug-likeness (QED) is 0.547. The van der Waals surface area contributed by atoms with Gasteiger partial charge < -0.3 is 10.3 Å². The van der Waals surface area contributed by atoms with E-state index in [0.29, 0.717) is 0 Å². The molecule has 4 rings (SSSR count). The molecular formula is C21H19N3. The van der Waals surface area contributed by atoms with Crippen molar-refractivity contribution in [3.8, 4) is 11.4 Å². The Labute approximate surface area is 141 Å². The maximum Gasteiger partial charge on any atom is 0.138 e. The van der Waals surface area contributed by atoms with Gasteiger partial charge in [-0.1, -0.05) is 36.4 Å². The fourth-order valence-corrected chi connectivity index (χ4v) is 2.84. The fourth-order valence-electron chi connectivity index (χ4n) is 2.84. The van der Waals surface area contributed by atoms with E-state index in [1.165, 1.54) is 11.1 Å². The second kappa shape index (κ2) is 6.20. The Hall–Kier alpha value is -3.07. The van der Waals surface area contributed by atoms with Crippen molar-refractivity contribution in [2.45, 2.75) is 13.5 Å². The predicted molar refractivity (Wildman–Crippen MR) is 100 cm³/mol. The van der Waals surface area contributed by atoms with Crippen LogP contribution >= 0.6 is 0 Å². The molecule has 4 aromatic rings. The van der Waals surface area contributed by atoms with Gasteiger partial charge >= 0.3 is 0 Å². The van der Waals surface area contributed by atoms with Gasteiger partial charge in [0.15, 0.2) is 0 Å². The summed E-state index contributed by atoms with van der Waals surface area (Å²) in [7, 11) is 0. The number of anilines is 1. The van der Waals surface area contributed by atoms with E-state index in [9.17, 15) is 0 Å². The van der Waals surface area contributed by atoms with Crippen LogP contribution in [0.4, 0.5) is 5.69 Å². The summed E-state index contributed by atoms with van der Waals surface area (Å²) < 4.78 is 0. The summed E-state index contributed by atoms with van der Waals surface area (Å²) in [6.07, 6.45) is 0. The Kier molecular flexibility index (Phi) is 3.75. The van der Waals surface area contributed by atoms with Crippen LogP contribution in [0.15, 0.2) is 72.8 Å². The second-order valence-corrected chi connectivity index (χ2v) is 5.96. The van der Waals surface area contributed by atoms with Crippen molar-refractivity contribution in [3.63, 3.8) is 0 Å². The highest BCUT2D eigenvalue weighted by Gasteiger charge is 2.05. The van der Waals surface area contributed by atoms with Crippen molar-refractivity contribution in [1.29, 1.82) is 0 Å². The van der Waals surface area contributed by atoms with E-state index < -0.39 is 0 Å². The molecule has 3 aromatic carbocycles. The van der Waals surface area contributed by atoms with Crippen LogP contribution in [0.25, 0.3) is 22.4 Å². The molecule has 118 valence electrons. The van der Waals surface area contributed by atoms with E-state index in [0.717, 1.165) is 34.7 Å². The summed E-state index contributed by atoms with van der Waals surface area (Å²) in [5.74, 6) is 0.904. The molecule has 24 heavy (non-hydrogen) atoms. The third-order valence-electron chi connectivity index (χ3n) is 4.29. The number of benzene rings is 3. The monoisotopic (exact) mass is 313 g/mol. The Morgan fingerprint density at radius 1 is 0.875 bits per heavy atom. The van der Waals surface area contributed by atoms with Gasteiger partial charge in [0, 0.05) is 17.8 Å². The van der Waals surface area contributed by atoms with Gasteiger partial charge in [-0.05, 0) is 54.4 Å². The summed E-state index contributed by atoms with van der Waals surface area (Å²) >= 11 is 0. The van der Waals surface area contributed by atoms with E-state index in [2.05, 4.69) is 70.7 Å². The van der Waals surface area contributed by atoms with Crippen molar-refractivity contribution in [1.82, 2.24) is 9.97 Å². The van der Waals surface area contributed by atoms with E-state index in [4.69, 9.17) is 0 Å². The molecule has 1 heterocycles. The van der Waals surface area contributed by atoms with Crippen molar-refractivity contribution < 1.29 is 0 Å². The number of para-hydroxylation sites is 2. The van der Waals surface area contributed by atoms with Gasteiger partial charge in [0.25, 0.3) is 0 Å². The largest absolute Gasteiger partial charge is 0.381 e. The number of hydrogen-bond donors (Lipinski definition) is 2. The van der Waals surface area contributed by atoms with E-state index in [1.807, 2.05) is 24.3 Å². The number of hydrogen-bond acceptors (Lipinski definition) is 2. The van der Waals surface area contributed by atoms with Crippen LogP contribution in [-0.4, -0.2) is 9.97 Å². The second-order valence-electron chi connectivity index (χ2n) is 5.96. The highest BCUT2D eigenvalue weighted by Crippen LogP contribution is 2.22. The first-order chi connectivity index (χ1) is 11.8. The first-order valence-electron chi connectivity index (χ1n) is 8.13. The maximum atomic E-state index is 4.64. The summed E-state index contributed by atoms with van der Waals surface area (Å²) in [6.45, 7) is 2.97. The molecule has 3 heteroatoms. The molecule has 0 fully saturated rings. The molecular weight excluding hydrogens is 294 g/mol. The molecule has 0 aliphatic carbocycles. The van der Waals surface area contributed by atoms with Crippen molar-refractivity contribution >= 4 is 16.7 Å². The lowest BCUT2D eigenvalue weighted by molar-refractivity contribution is 1.12. The number of rotatable bonds is 4. The van der Waals surface area contributed by atoms with Crippen LogP contribution < -0.4 is 5.32 Å². The molecule has 0 spiro atoms. The minimum Gasteiger partial charge on any atom is -0.381 e. The lowest BCUT2D eigenvalue weighted by atomic mass is 10.1. The lowest BCUT2D eigenvalue weighted by Gasteiger charge is -2.09. The number of aromatic amines is 1. The number of nitrogens with zero attached hydrogens (tertiary/aromatic N) is 1. The Morgan fingerprint density at radius 2 is 1.62 bits per heavy atom. The molecule has 0 saturated carbocycles. The van der Waals surface area contributed by atoms with Gasteiger partial charge in [0.2, 0.25) is 0 Å². The first-order valence-corrected chi connectivity index (χ1v) is 8.13. The molecule has 0 atom stereocenters.